The summed E-state index contributed by atoms with van der Waals surface area (Å²) < 4.78 is 0. The molecule has 0 bridgehead atoms. The van der Waals surface area contributed by atoms with E-state index >= 15 is 0 Å². The normalized spacial score (nSPS) is 14.9. The zero-order valence-corrected chi connectivity index (χ0v) is 12.7. The maximum absolute atomic E-state index is 11.9. The molecule has 2 unspecified atom stereocenters. The SMILES string of the molecule is CCC(CN)C(=O)NCC(C(CC)CC)N(C)C. The molecular formula is C14H31N3O. The Morgan fingerprint density at radius 3 is 2.06 bits per heavy atom. The number of nitrogens with zero attached hydrogens (tertiary/aromatic N) is 1. The van der Waals surface area contributed by atoms with E-state index in [9.17, 15) is 4.79 Å². The van der Waals surface area contributed by atoms with Gasteiger partial charge in [0.2, 0.25) is 5.91 Å². The molecule has 108 valence electrons. The van der Waals surface area contributed by atoms with Gasteiger partial charge in [-0.2, -0.15) is 0 Å². The fourth-order valence-electron chi connectivity index (χ4n) is 2.41. The molecule has 0 radical (unpaired) electrons. The highest BCUT2D eigenvalue weighted by Gasteiger charge is 2.22. The minimum Gasteiger partial charge on any atom is -0.354 e. The van der Waals surface area contributed by atoms with Crippen molar-refractivity contribution in [1.82, 2.24) is 10.2 Å². The van der Waals surface area contributed by atoms with Crippen LogP contribution in [0.15, 0.2) is 0 Å². The van der Waals surface area contributed by atoms with E-state index < -0.39 is 0 Å². The fraction of sp³-hybridized carbons (Fsp3) is 0.929. The third-order valence-corrected chi connectivity index (χ3v) is 3.89. The predicted octanol–water partition coefficient (Wildman–Crippen LogP) is 1.45. The third-order valence-electron chi connectivity index (χ3n) is 3.89. The molecule has 0 aliphatic carbocycles. The summed E-state index contributed by atoms with van der Waals surface area (Å²) in [5.74, 6) is 0.672. The molecule has 0 heterocycles. The van der Waals surface area contributed by atoms with Crippen LogP contribution in [0.4, 0.5) is 0 Å². The molecule has 18 heavy (non-hydrogen) atoms. The van der Waals surface area contributed by atoms with E-state index in [2.05, 4.69) is 38.2 Å². The molecule has 0 aromatic carbocycles. The number of carbonyl (C=O) groups excluding carboxylic acids is 1. The predicted molar refractivity (Wildman–Crippen MR) is 77.4 cm³/mol. The second-order valence-corrected chi connectivity index (χ2v) is 5.19. The summed E-state index contributed by atoms with van der Waals surface area (Å²) >= 11 is 0. The van der Waals surface area contributed by atoms with Gasteiger partial charge in [0.15, 0.2) is 0 Å². The molecule has 0 saturated carbocycles. The van der Waals surface area contributed by atoms with E-state index in [4.69, 9.17) is 5.73 Å². The van der Waals surface area contributed by atoms with Crippen molar-refractivity contribution < 1.29 is 4.79 Å². The van der Waals surface area contributed by atoms with Crippen LogP contribution in [0.3, 0.4) is 0 Å². The van der Waals surface area contributed by atoms with Gasteiger partial charge in [0.1, 0.15) is 0 Å². The van der Waals surface area contributed by atoms with Crippen molar-refractivity contribution in [2.45, 2.75) is 46.1 Å². The van der Waals surface area contributed by atoms with Crippen molar-refractivity contribution in [2.75, 3.05) is 27.2 Å². The van der Waals surface area contributed by atoms with Crippen LogP contribution in [0.25, 0.3) is 0 Å². The number of likely N-dealkylation sites (N-methyl/N-ethyl adjacent to an activating group) is 1. The van der Waals surface area contributed by atoms with Crippen molar-refractivity contribution in [3.05, 3.63) is 0 Å². The van der Waals surface area contributed by atoms with Crippen LogP contribution in [-0.2, 0) is 4.79 Å². The standard InChI is InChI=1S/C14H31N3O/c1-6-11(7-2)13(17(4)5)10-16-14(18)12(8-3)9-15/h11-13H,6-10,15H2,1-5H3,(H,16,18). The topological polar surface area (TPSA) is 58.4 Å². The average molecular weight is 257 g/mol. The summed E-state index contributed by atoms with van der Waals surface area (Å²) in [4.78, 5) is 14.1. The number of hydrogen-bond donors (Lipinski definition) is 2. The lowest BCUT2D eigenvalue weighted by Gasteiger charge is -2.32. The van der Waals surface area contributed by atoms with Crippen LogP contribution in [-0.4, -0.2) is 44.0 Å². The van der Waals surface area contributed by atoms with E-state index in [0.717, 1.165) is 19.3 Å². The first-order valence-electron chi connectivity index (χ1n) is 7.15. The molecule has 0 aliphatic heterocycles. The number of amides is 1. The molecule has 1 amide bonds. The van der Waals surface area contributed by atoms with Gasteiger partial charge in [0.05, 0.1) is 0 Å². The van der Waals surface area contributed by atoms with E-state index in [1.54, 1.807) is 0 Å². The van der Waals surface area contributed by atoms with Crippen molar-refractivity contribution >= 4 is 5.91 Å². The molecule has 0 aliphatic rings. The summed E-state index contributed by atoms with van der Waals surface area (Å²) in [6.07, 6.45) is 3.09. The van der Waals surface area contributed by atoms with Crippen molar-refractivity contribution in [3.63, 3.8) is 0 Å². The Morgan fingerprint density at radius 2 is 1.72 bits per heavy atom. The third kappa shape index (κ3) is 5.36. The Balaban J connectivity index is 4.39. The van der Waals surface area contributed by atoms with E-state index in [-0.39, 0.29) is 11.8 Å². The first-order valence-corrected chi connectivity index (χ1v) is 7.15. The van der Waals surface area contributed by atoms with Crippen LogP contribution in [0.1, 0.15) is 40.0 Å². The summed E-state index contributed by atoms with van der Waals surface area (Å²) in [7, 11) is 4.16. The Hall–Kier alpha value is -0.610. The van der Waals surface area contributed by atoms with E-state index in [1.165, 1.54) is 0 Å². The molecule has 2 atom stereocenters. The van der Waals surface area contributed by atoms with Crippen LogP contribution in [0, 0.1) is 11.8 Å². The highest BCUT2D eigenvalue weighted by Crippen LogP contribution is 2.16. The Bertz CT molecular complexity index is 223. The van der Waals surface area contributed by atoms with Crippen LogP contribution in [0.5, 0.6) is 0 Å². The lowest BCUT2D eigenvalue weighted by atomic mass is 9.93. The number of nitrogens with two attached hydrogens (primary N) is 1. The van der Waals surface area contributed by atoms with Gasteiger partial charge < -0.3 is 16.0 Å². The molecule has 0 aromatic rings. The van der Waals surface area contributed by atoms with Gasteiger partial charge in [-0.25, -0.2) is 0 Å². The molecule has 0 aromatic heterocycles. The van der Waals surface area contributed by atoms with Crippen LogP contribution >= 0.6 is 0 Å². The quantitative estimate of drug-likeness (QED) is 0.657. The summed E-state index contributed by atoms with van der Waals surface area (Å²) in [5, 5.41) is 3.05. The van der Waals surface area contributed by atoms with Gasteiger partial charge in [-0.3, -0.25) is 4.79 Å². The highest BCUT2D eigenvalue weighted by molar-refractivity contribution is 5.78. The van der Waals surface area contributed by atoms with Crippen molar-refractivity contribution in [1.29, 1.82) is 0 Å². The Labute approximate surface area is 112 Å². The molecule has 3 N–H and O–H groups in total. The molecule has 4 heteroatoms. The minimum atomic E-state index is -0.0467. The van der Waals surface area contributed by atoms with Gasteiger partial charge in [0, 0.05) is 25.0 Å². The molecule has 0 saturated heterocycles. The fourth-order valence-corrected chi connectivity index (χ4v) is 2.41. The summed E-state index contributed by atoms with van der Waals surface area (Å²) in [5.41, 5.74) is 5.59. The zero-order valence-electron chi connectivity index (χ0n) is 12.7. The lowest BCUT2D eigenvalue weighted by Crippen LogP contribution is -2.46. The molecule has 0 spiro atoms. The van der Waals surface area contributed by atoms with Gasteiger partial charge >= 0.3 is 0 Å². The van der Waals surface area contributed by atoms with E-state index in [0.29, 0.717) is 25.0 Å². The van der Waals surface area contributed by atoms with Crippen LogP contribution in [0.2, 0.25) is 0 Å². The van der Waals surface area contributed by atoms with Crippen molar-refractivity contribution in [3.8, 4) is 0 Å². The van der Waals surface area contributed by atoms with Gasteiger partial charge in [-0.05, 0) is 26.4 Å². The van der Waals surface area contributed by atoms with Crippen molar-refractivity contribution in [2.24, 2.45) is 17.6 Å². The average Bonchev–Trinajstić information content (AvgIpc) is 2.35. The highest BCUT2D eigenvalue weighted by atomic mass is 16.1. The Kier molecular flexibility index (Phi) is 9.02. The van der Waals surface area contributed by atoms with E-state index in [1.807, 2.05) is 6.92 Å². The second kappa shape index (κ2) is 9.34. The first kappa shape index (κ1) is 17.4. The lowest BCUT2D eigenvalue weighted by molar-refractivity contribution is -0.125. The maximum Gasteiger partial charge on any atom is 0.224 e. The number of carbonyl (C=O) groups is 1. The Morgan fingerprint density at radius 1 is 1.17 bits per heavy atom. The summed E-state index contributed by atoms with van der Waals surface area (Å²) in [6, 6.07) is 0.402. The summed E-state index contributed by atoms with van der Waals surface area (Å²) in [6.45, 7) is 7.57. The molecular weight excluding hydrogens is 226 g/mol. The maximum atomic E-state index is 11.9. The monoisotopic (exact) mass is 257 g/mol. The zero-order chi connectivity index (χ0) is 14.1. The molecule has 0 fully saturated rings. The largest absolute Gasteiger partial charge is 0.354 e. The minimum absolute atomic E-state index is 0.0467. The van der Waals surface area contributed by atoms with Crippen LogP contribution < -0.4 is 11.1 Å². The second-order valence-electron chi connectivity index (χ2n) is 5.19. The first-order chi connectivity index (χ1) is 8.51. The molecule has 0 rings (SSSR count). The number of hydrogen-bond acceptors (Lipinski definition) is 3. The smallest absolute Gasteiger partial charge is 0.224 e. The van der Waals surface area contributed by atoms with Gasteiger partial charge in [-0.15, -0.1) is 0 Å². The molecule has 4 nitrogen and oxygen atoms in total. The van der Waals surface area contributed by atoms with Gasteiger partial charge in [0.25, 0.3) is 0 Å². The number of rotatable bonds is 9. The number of nitrogens with one attached hydrogen (secondary N) is 1. The van der Waals surface area contributed by atoms with Gasteiger partial charge in [-0.1, -0.05) is 33.6 Å².